The van der Waals surface area contributed by atoms with E-state index in [2.05, 4.69) is 4.99 Å². The van der Waals surface area contributed by atoms with Crippen LogP contribution in [-0.2, 0) is 4.79 Å². The Balaban J connectivity index is 1.44. The van der Waals surface area contributed by atoms with Crippen LogP contribution in [0.5, 0.6) is 23.0 Å². The van der Waals surface area contributed by atoms with E-state index in [0.717, 1.165) is 49.8 Å². The van der Waals surface area contributed by atoms with Crippen LogP contribution in [-0.4, -0.2) is 49.5 Å². The van der Waals surface area contributed by atoms with E-state index in [-0.39, 0.29) is 23.6 Å². The number of rotatable bonds is 8. The summed E-state index contributed by atoms with van der Waals surface area (Å²) in [6.07, 6.45) is 8.33. The van der Waals surface area contributed by atoms with Crippen molar-refractivity contribution in [3.63, 3.8) is 0 Å². The van der Waals surface area contributed by atoms with E-state index in [0.29, 0.717) is 36.2 Å². The van der Waals surface area contributed by atoms with E-state index in [4.69, 9.17) is 18.9 Å². The Labute approximate surface area is 229 Å². The van der Waals surface area contributed by atoms with E-state index in [1.807, 2.05) is 0 Å². The number of imide groups is 1. The van der Waals surface area contributed by atoms with E-state index in [9.17, 15) is 14.4 Å². The lowest BCUT2D eigenvalue weighted by molar-refractivity contribution is 0.0943. The molecule has 2 aliphatic rings. The van der Waals surface area contributed by atoms with Crippen LogP contribution in [0.4, 0.5) is 9.59 Å². The standard InChI is InChI=1S/C30H36N2O7/c1-36-25-7-3-5-9-27(25)38-29(34)32(30(35)39-28-10-6-4-8-26(28)37-2)24-17-13-22(14-18-24)19-21-11-15-23(16-12-21)31-20-33/h3-10,21-24H,11-19H2,1-2H3. The molecule has 0 aliphatic heterocycles. The monoisotopic (exact) mass is 536 g/mol. The lowest BCUT2D eigenvalue weighted by Crippen LogP contribution is -2.49. The second-order valence-corrected chi connectivity index (χ2v) is 10.2. The van der Waals surface area contributed by atoms with Gasteiger partial charge in [-0.2, -0.15) is 0 Å². The lowest BCUT2D eigenvalue weighted by Gasteiger charge is -2.36. The first-order valence-electron chi connectivity index (χ1n) is 13.6. The number of isocyanates is 1. The van der Waals surface area contributed by atoms with Gasteiger partial charge in [-0.15, -0.1) is 0 Å². The summed E-state index contributed by atoms with van der Waals surface area (Å²) in [6, 6.07) is 13.4. The number of methoxy groups -OCH3 is 2. The third-order valence-corrected chi connectivity index (χ3v) is 7.83. The Hall–Kier alpha value is -3.84. The normalized spacial score (nSPS) is 22.6. The summed E-state index contributed by atoms with van der Waals surface area (Å²) >= 11 is 0. The van der Waals surface area contributed by atoms with Gasteiger partial charge in [-0.25, -0.2) is 24.3 Å². The Bertz CT molecular complexity index is 1100. The maximum absolute atomic E-state index is 13.4. The second kappa shape index (κ2) is 13.8. The molecule has 208 valence electrons. The number of aliphatic imine (C=N–C) groups is 1. The van der Waals surface area contributed by atoms with Crippen molar-refractivity contribution in [1.82, 2.24) is 4.90 Å². The summed E-state index contributed by atoms with van der Waals surface area (Å²) in [5.41, 5.74) is 0. The van der Waals surface area contributed by atoms with Gasteiger partial charge in [0.25, 0.3) is 0 Å². The van der Waals surface area contributed by atoms with Crippen LogP contribution in [0.1, 0.15) is 57.8 Å². The molecular weight excluding hydrogens is 500 g/mol. The smallest absolute Gasteiger partial charge is 0.425 e. The number of benzene rings is 2. The van der Waals surface area contributed by atoms with Crippen LogP contribution in [0.15, 0.2) is 53.5 Å². The molecule has 2 aromatic rings. The molecule has 2 amide bonds. The average molecular weight is 537 g/mol. The fraction of sp³-hybridized carbons (Fsp3) is 0.500. The molecule has 0 N–H and O–H groups in total. The molecule has 0 spiro atoms. The Morgan fingerprint density at radius 3 is 1.62 bits per heavy atom. The summed E-state index contributed by atoms with van der Waals surface area (Å²) in [6.45, 7) is 0. The lowest BCUT2D eigenvalue weighted by atomic mass is 9.75. The van der Waals surface area contributed by atoms with Crippen molar-refractivity contribution in [2.24, 2.45) is 16.8 Å². The highest BCUT2D eigenvalue weighted by Crippen LogP contribution is 2.38. The number of ether oxygens (including phenoxy) is 4. The summed E-state index contributed by atoms with van der Waals surface area (Å²) < 4.78 is 21.9. The minimum atomic E-state index is -0.808. The molecule has 0 saturated heterocycles. The summed E-state index contributed by atoms with van der Waals surface area (Å²) in [7, 11) is 2.98. The van der Waals surface area contributed by atoms with Gasteiger partial charge in [0.1, 0.15) is 0 Å². The van der Waals surface area contributed by atoms with Gasteiger partial charge in [-0.1, -0.05) is 24.3 Å². The van der Waals surface area contributed by atoms with Crippen molar-refractivity contribution in [3.8, 4) is 23.0 Å². The molecule has 9 heteroatoms. The zero-order chi connectivity index (χ0) is 27.6. The highest BCUT2D eigenvalue weighted by Gasteiger charge is 2.37. The zero-order valence-corrected chi connectivity index (χ0v) is 22.5. The van der Waals surface area contributed by atoms with Crippen LogP contribution in [0.2, 0.25) is 0 Å². The number of carbonyl (C=O) groups excluding carboxylic acids is 3. The summed E-state index contributed by atoms with van der Waals surface area (Å²) in [5.74, 6) is 2.37. The maximum Gasteiger partial charge on any atom is 0.425 e. The SMILES string of the molecule is COc1ccccc1OC(=O)N(C(=O)Oc1ccccc1OC)C1CCC(CC2CCC(N=C=O)CC2)CC1. The van der Waals surface area contributed by atoms with Crippen molar-refractivity contribution in [2.45, 2.75) is 69.9 Å². The molecule has 2 fully saturated rings. The molecule has 0 unspecified atom stereocenters. The molecule has 0 aromatic heterocycles. The number of nitrogens with zero attached hydrogens (tertiary/aromatic N) is 2. The van der Waals surface area contributed by atoms with Crippen LogP contribution < -0.4 is 18.9 Å². The van der Waals surface area contributed by atoms with Crippen molar-refractivity contribution in [1.29, 1.82) is 0 Å². The zero-order valence-electron chi connectivity index (χ0n) is 22.5. The molecule has 0 atom stereocenters. The van der Waals surface area contributed by atoms with Gasteiger partial charge >= 0.3 is 12.2 Å². The average Bonchev–Trinajstić information content (AvgIpc) is 2.96. The molecule has 4 rings (SSSR count). The number of hydrogen-bond acceptors (Lipinski definition) is 8. The van der Waals surface area contributed by atoms with Crippen LogP contribution in [0.3, 0.4) is 0 Å². The highest BCUT2D eigenvalue weighted by atomic mass is 16.6. The van der Waals surface area contributed by atoms with E-state index < -0.39 is 12.2 Å². The molecule has 0 bridgehead atoms. The van der Waals surface area contributed by atoms with Gasteiger partial charge in [-0.05, 0) is 93.9 Å². The third-order valence-electron chi connectivity index (χ3n) is 7.83. The van der Waals surface area contributed by atoms with Crippen LogP contribution in [0.25, 0.3) is 0 Å². The number of carbonyl (C=O) groups is 2. The fourth-order valence-electron chi connectivity index (χ4n) is 5.76. The van der Waals surface area contributed by atoms with Crippen LogP contribution in [0, 0.1) is 11.8 Å². The molecule has 2 aliphatic carbocycles. The maximum atomic E-state index is 13.4. The van der Waals surface area contributed by atoms with E-state index >= 15 is 0 Å². The largest absolute Gasteiger partial charge is 0.493 e. The first-order valence-corrected chi connectivity index (χ1v) is 13.6. The summed E-state index contributed by atoms with van der Waals surface area (Å²) in [4.78, 5) is 42.4. The molecule has 0 radical (unpaired) electrons. The van der Waals surface area contributed by atoms with Gasteiger partial charge in [0.05, 0.1) is 20.3 Å². The first-order chi connectivity index (χ1) is 19.0. The number of para-hydroxylation sites is 4. The molecule has 0 heterocycles. The minimum Gasteiger partial charge on any atom is -0.493 e. The number of hydrogen-bond donors (Lipinski definition) is 0. The predicted octanol–water partition coefficient (Wildman–Crippen LogP) is 6.55. The van der Waals surface area contributed by atoms with Crippen LogP contribution >= 0.6 is 0 Å². The molecular formula is C30H36N2O7. The van der Waals surface area contributed by atoms with Gasteiger partial charge in [0, 0.05) is 6.04 Å². The van der Waals surface area contributed by atoms with Gasteiger partial charge in [-0.3, -0.25) is 0 Å². The van der Waals surface area contributed by atoms with Crippen molar-refractivity contribution in [2.75, 3.05) is 14.2 Å². The Kier molecular flexibility index (Phi) is 9.97. The fourth-order valence-corrected chi connectivity index (χ4v) is 5.76. The first kappa shape index (κ1) is 28.2. The second-order valence-electron chi connectivity index (χ2n) is 10.2. The van der Waals surface area contributed by atoms with Crippen molar-refractivity contribution in [3.05, 3.63) is 48.5 Å². The Morgan fingerprint density at radius 1 is 0.744 bits per heavy atom. The van der Waals surface area contributed by atoms with Gasteiger partial charge in [0.15, 0.2) is 23.0 Å². The van der Waals surface area contributed by atoms with Gasteiger partial charge in [0.2, 0.25) is 6.08 Å². The Morgan fingerprint density at radius 2 is 1.18 bits per heavy atom. The van der Waals surface area contributed by atoms with Gasteiger partial charge < -0.3 is 18.9 Å². The van der Waals surface area contributed by atoms with Crippen molar-refractivity contribution >= 4 is 18.3 Å². The quantitative estimate of drug-likeness (QED) is 0.278. The predicted molar refractivity (Wildman–Crippen MR) is 144 cm³/mol. The topological polar surface area (TPSA) is 104 Å². The number of amides is 2. The van der Waals surface area contributed by atoms with Crippen molar-refractivity contribution < 1.29 is 33.3 Å². The van der Waals surface area contributed by atoms with E-state index in [1.54, 1.807) is 54.6 Å². The molecule has 2 saturated carbocycles. The minimum absolute atomic E-state index is 0.117. The highest BCUT2D eigenvalue weighted by molar-refractivity contribution is 5.90. The molecule has 39 heavy (non-hydrogen) atoms. The summed E-state index contributed by atoms with van der Waals surface area (Å²) in [5, 5.41) is 0. The van der Waals surface area contributed by atoms with E-state index in [1.165, 1.54) is 14.2 Å². The molecule has 2 aromatic carbocycles. The molecule has 9 nitrogen and oxygen atoms in total. The third kappa shape index (κ3) is 7.39.